The fourth-order valence-electron chi connectivity index (χ4n) is 1.84. The van der Waals surface area contributed by atoms with Crippen molar-refractivity contribution in [3.05, 3.63) is 42.6 Å². The average molecular weight is 297 g/mol. The summed E-state index contributed by atoms with van der Waals surface area (Å²) in [5, 5.41) is 0. The number of likely N-dealkylation sites (N-methyl/N-ethyl adjacent to an activating group) is 1. The molecule has 5 nitrogen and oxygen atoms in total. The molecule has 1 aliphatic rings. The van der Waals surface area contributed by atoms with Crippen molar-refractivity contribution in [1.82, 2.24) is 0 Å². The first-order valence-corrected chi connectivity index (χ1v) is 7.72. The van der Waals surface area contributed by atoms with Crippen molar-refractivity contribution >= 4 is 16.0 Å². The van der Waals surface area contributed by atoms with Crippen LogP contribution >= 0.6 is 0 Å². The SMILES string of the molecule is C=C[NH+]1CC[N+](C)=C1C.Cc1ccc(S(=O)(=O)[O-])cc1. The first-order chi connectivity index (χ1) is 9.25. The summed E-state index contributed by atoms with van der Waals surface area (Å²) in [6.45, 7) is 10.0. The third kappa shape index (κ3) is 4.56. The van der Waals surface area contributed by atoms with E-state index in [2.05, 4.69) is 25.1 Å². The molecule has 0 spiro atoms. The van der Waals surface area contributed by atoms with E-state index in [1.807, 2.05) is 13.1 Å². The highest BCUT2D eigenvalue weighted by atomic mass is 32.2. The van der Waals surface area contributed by atoms with Crippen LogP contribution < -0.4 is 4.90 Å². The molecule has 1 aromatic rings. The second kappa shape index (κ2) is 6.78. The molecule has 0 amide bonds. The average Bonchev–Trinajstić information content (AvgIpc) is 2.70. The summed E-state index contributed by atoms with van der Waals surface area (Å²) in [7, 11) is -2.15. The van der Waals surface area contributed by atoms with Gasteiger partial charge in [0, 0.05) is 0 Å². The van der Waals surface area contributed by atoms with Crippen LogP contribution in [0.1, 0.15) is 12.5 Å². The number of nitrogens with one attached hydrogen (secondary N) is 1. The fourth-order valence-corrected chi connectivity index (χ4v) is 2.31. The molecule has 6 heteroatoms. The lowest BCUT2D eigenvalue weighted by atomic mass is 10.2. The quantitative estimate of drug-likeness (QED) is 0.617. The second-order valence-electron chi connectivity index (χ2n) is 4.75. The van der Waals surface area contributed by atoms with Crippen molar-refractivity contribution in [2.45, 2.75) is 18.7 Å². The molecule has 1 N–H and O–H groups in total. The summed E-state index contributed by atoms with van der Waals surface area (Å²) in [5.41, 5.74) is 0.928. The molecule has 0 saturated carbocycles. The third-order valence-electron chi connectivity index (χ3n) is 3.31. The lowest BCUT2D eigenvalue weighted by Gasteiger charge is -2.05. The van der Waals surface area contributed by atoms with E-state index in [0.717, 1.165) is 12.1 Å². The highest BCUT2D eigenvalue weighted by Gasteiger charge is 2.25. The minimum absolute atomic E-state index is 0.178. The van der Waals surface area contributed by atoms with E-state index < -0.39 is 10.1 Å². The van der Waals surface area contributed by atoms with Crippen LogP contribution in [0.5, 0.6) is 0 Å². The Balaban J connectivity index is 0.000000204. The Morgan fingerprint density at radius 2 is 1.85 bits per heavy atom. The van der Waals surface area contributed by atoms with Gasteiger partial charge in [-0.3, -0.25) is 0 Å². The van der Waals surface area contributed by atoms with Gasteiger partial charge in [0.15, 0.2) is 6.54 Å². The Kier molecular flexibility index (Phi) is 5.62. The summed E-state index contributed by atoms with van der Waals surface area (Å²) in [4.78, 5) is 1.22. The van der Waals surface area contributed by atoms with Crippen LogP contribution in [0, 0.1) is 6.92 Å². The number of rotatable bonds is 2. The van der Waals surface area contributed by atoms with Crippen molar-refractivity contribution in [2.24, 2.45) is 0 Å². The minimum atomic E-state index is -4.27. The van der Waals surface area contributed by atoms with Gasteiger partial charge in [-0.15, -0.1) is 0 Å². The second-order valence-corrected chi connectivity index (χ2v) is 6.13. The van der Waals surface area contributed by atoms with E-state index in [4.69, 9.17) is 0 Å². The van der Waals surface area contributed by atoms with E-state index in [-0.39, 0.29) is 4.90 Å². The van der Waals surface area contributed by atoms with Gasteiger partial charge in [0.05, 0.1) is 18.0 Å². The smallest absolute Gasteiger partial charge is 0.338 e. The normalized spacial score (nSPS) is 18.5. The summed E-state index contributed by atoms with van der Waals surface area (Å²) in [6, 6.07) is 5.78. The zero-order chi connectivity index (χ0) is 15.3. The number of quaternary nitrogens is 1. The highest BCUT2D eigenvalue weighted by molar-refractivity contribution is 7.85. The molecule has 20 heavy (non-hydrogen) atoms. The number of benzene rings is 1. The molecule has 0 aromatic heterocycles. The van der Waals surface area contributed by atoms with Crippen LogP contribution in [-0.2, 0) is 10.1 Å². The fraction of sp³-hybridized carbons (Fsp3) is 0.357. The molecule has 0 aliphatic carbocycles. The lowest BCUT2D eigenvalue weighted by Crippen LogP contribution is -3.08. The van der Waals surface area contributed by atoms with Gasteiger partial charge in [0.2, 0.25) is 0 Å². The zero-order valence-corrected chi connectivity index (χ0v) is 12.9. The number of aryl methyl sites for hydroxylation is 1. The molecule has 0 fully saturated rings. The first kappa shape index (κ1) is 16.6. The summed E-state index contributed by atoms with van der Waals surface area (Å²) < 4.78 is 33.4. The van der Waals surface area contributed by atoms with E-state index in [0.29, 0.717) is 0 Å². The Labute approximate surface area is 120 Å². The topological polar surface area (TPSA) is 64.7 Å². The van der Waals surface area contributed by atoms with Gasteiger partial charge in [-0.25, -0.2) is 13.3 Å². The third-order valence-corrected chi connectivity index (χ3v) is 4.16. The summed E-state index contributed by atoms with van der Waals surface area (Å²) >= 11 is 0. The van der Waals surface area contributed by atoms with E-state index >= 15 is 0 Å². The molecule has 110 valence electrons. The van der Waals surface area contributed by atoms with Gasteiger partial charge >= 0.3 is 5.84 Å². The first-order valence-electron chi connectivity index (χ1n) is 6.31. The molecule has 2 rings (SSSR count). The predicted octanol–water partition coefficient (Wildman–Crippen LogP) is -0.0118. The molecule has 1 aromatic carbocycles. The molecular weight excluding hydrogens is 276 g/mol. The van der Waals surface area contributed by atoms with Gasteiger partial charge in [-0.1, -0.05) is 17.7 Å². The monoisotopic (exact) mass is 297 g/mol. The van der Waals surface area contributed by atoms with Gasteiger partial charge in [0.1, 0.15) is 23.7 Å². The van der Waals surface area contributed by atoms with Crippen LogP contribution in [0.3, 0.4) is 0 Å². The maximum Gasteiger partial charge on any atom is 0.338 e. The molecule has 0 radical (unpaired) electrons. The molecule has 1 aliphatic heterocycles. The van der Waals surface area contributed by atoms with Crippen molar-refractivity contribution < 1.29 is 22.4 Å². The van der Waals surface area contributed by atoms with Gasteiger partial charge in [-0.2, -0.15) is 4.58 Å². The van der Waals surface area contributed by atoms with Gasteiger partial charge < -0.3 is 4.55 Å². The largest absolute Gasteiger partial charge is 0.744 e. The van der Waals surface area contributed by atoms with Crippen molar-refractivity contribution in [1.29, 1.82) is 0 Å². The highest BCUT2D eigenvalue weighted by Crippen LogP contribution is 2.08. The van der Waals surface area contributed by atoms with Crippen LogP contribution in [0.4, 0.5) is 0 Å². The van der Waals surface area contributed by atoms with Crippen LogP contribution in [0.15, 0.2) is 41.9 Å². The summed E-state index contributed by atoms with van der Waals surface area (Å²) in [5.74, 6) is 1.38. The maximum absolute atomic E-state index is 10.4. The Morgan fingerprint density at radius 1 is 1.30 bits per heavy atom. The molecule has 0 saturated heterocycles. The number of hydrogen-bond donors (Lipinski definition) is 1. The lowest BCUT2D eigenvalue weighted by molar-refractivity contribution is -0.742. The summed E-state index contributed by atoms with van der Waals surface area (Å²) in [6.07, 6.45) is 1.96. The predicted molar refractivity (Wildman–Crippen MR) is 76.9 cm³/mol. The van der Waals surface area contributed by atoms with E-state index in [1.54, 1.807) is 12.1 Å². The van der Waals surface area contributed by atoms with E-state index in [9.17, 15) is 13.0 Å². The van der Waals surface area contributed by atoms with Gasteiger partial charge in [0.25, 0.3) is 0 Å². The van der Waals surface area contributed by atoms with Crippen molar-refractivity contribution in [2.75, 3.05) is 20.1 Å². The number of amidine groups is 1. The Hall–Kier alpha value is -1.50. The number of nitrogens with zero attached hydrogens (tertiary/aromatic N) is 1. The molecule has 1 unspecified atom stereocenters. The van der Waals surface area contributed by atoms with Crippen LogP contribution in [-0.4, -0.2) is 43.5 Å². The van der Waals surface area contributed by atoms with Gasteiger partial charge in [-0.05, 0) is 25.6 Å². The number of hydrogen-bond acceptors (Lipinski definition) is 3. The molecule has 1 heterocycles. The molecular formula is C14H21N2O3S+. The minimum Gasteiger partial charge on any atom is -0.744 e. The van der Waals surface area contributed by atoms with E-state index in [1.165, 1.54) is 29.4 Å². The Bertz CT molecular complexity index is 604. The Morgan fingerprint density at radius 3 is 2.15 bits per heavy atom. The maximum atomic E-state index is 10.4. The van der Waals surface area contributed by atoms with Crippen LogP contribution in [0.25, 0.3) is 0 Å². The van der Waals surface area contributed by atoms with Crippen molar-refractivity contribution in [3.63, 3.8) is 0 Å². The zero-order valence-electron chi connectivity index (χ0n) is 12.1. The van der Waals surface area contributed by atoms with Crippen LogP contribution in [0.2, 0.25) is 0 Å². The molecule has 0 bridgehead atoms. The molecule has 1 atom stereocenters. The van der Waals surface area contributed by atoms with Crippen molar-refractivity contribution in [3.8, 4) is 0 Å². The standard InChI is InChI=1S/C7H13N2.C7H8O3S/c1-4-9-6-5-8(3)7(9)2;1-6-2-4-7(5-3-6)11(8,9)10/h4H,1,5-6H2,2-3H3;2-5H,1H3,(H,8,9,10)/q+1;.